The van der Waals surface area contributed by atoms with Crippen molar-refractivity contribution in [1.82, 2.24) is 14.9 Å². The van der Waals surface area contributed by atoms with Crippen molar-refractivity contribution < 1.29 is 22.7 Å². The summed E-state index contributed by atoms with van der Waals surface area (Å²) in [7, 11) is -3.69. The number of likely N-dealkylation sites (tertiary alicyclic amines) is 1. The number of nitrogens with zero attached hydrogens (tertiary/aromatic N) is 1. The number of carbonyl (C=O) groups excluding carboxylic acids is 2. The van der Waals surface area contributed by atoms with E-state index in [9.17, 15) is 18.0 Å². The quantitative estimate of drug-likeness (QED) is 0.674. The van der Waals surface area contributed by atoms with Crippen molar-refractivity contribution in [2.75, 3.05) is 26.2 Å². The van der Waals surface area contributed by atoms with Crippen LogP contribution in [0.3, 0.4) is 0 Å². The zero-order valence-electron chi connectivity index (χ0n) is 14.0. The van der Waals surface area contributed by atoms with Crippen molar-refractivity contribution in [3.05, 3.63) is 28.7 Å². The van der Waals surface area contributed by atoms with Crippen LogP contribution in [-0.4, -0.2) is 63.5 Å². The predicted octanol–water partition coefficient (Wildman–Crippen LogP) is 0.233. The SMILES string of the molecule is O=C1CO[C@@H]2CCN(C(=O)CCNS(=O)(=O)c3ccccc3Br)C[C@H]2N1. The zero-order chi connectivity index (χ0) is 18.7. The van der Waals surface area contributed by atoms with Crippen LogP contribution >= 0.6 is 15.9 Å². The molecule has 0 bridgehead atoms. The molecular weight excluding hydrogens is 426 g/mol. The average molecular weight is 446 g/mol. The summed E-state index contributed by atoms with van der Waals surface area (Å²) in [6, 6.07) is 6.29. The molecule has 2 fully saturated rings. The molecule has 2 heterocycles. The maximum Gasteiger partial charge on any atom is 0.246 e. The molecule has 0 radical (unpaired) electrons. The number of benzene rings is 1. The predicted molar refractivity (Wildman–Crippen MR) is 96.8 cm³/mol. The van der Waals surface area contributed by atoms with Crippen molar-refractivity contribution >= 4 is 37.8 Å². The number of nitrogens with one attached hydrogen (secondary N) is 2. The lowest BCUT2D eigenvalue weighted by Crippen LogP contribution is -2.61. The maximum absolute atomic E-state index is 12.4. The summed E-state index contributed by atoms with van der Waals surface area (Å²) in [4.78, 5) is 25.6. The van der Waals surface area contributed by atoms with Crippen LogP contribution in [-0.2, 0) is 24.3 Å². The van der Waals surface area contributed by atoms with Crippen molar-refractivity contribution in [3.8, 4) is 0 Å². The molecule has 1 aromatic rings. The van der Waals surface area contributed by atoms with E-state index in [0.717, 1.165) is 0 Å². The second kappa shape index (κ2) is 8.03. The van der Waals surface area contributed by atoms with Crippen LogP contribution in [0.4, 0.5) is 0 Å². The molecule has 2 atom stereocenters. The number of morpholine rings is 1. The largest absolute Gasteiger partial charge is 0.366 e. The number of rotatable bonds is 5. The highest BCUT2D eigenvalue weighted by atomic mass is 79.9. The van der Waals surface area contributed by atoms with E-state index < -0.39 is 10.0 Å². The normalized spacial score (nSPS) is 23.3. The van der Waals surface area contributed by atoms with Gasteiger partial charge in [-0.15, -0.1) is 0 Å². The fourth-order valence-electron chi connectivity index (χ4n) is 3.12. The second-order valence-electron chi connectivity index (χ2n) is 6.23. The van der Waals surface area contributed by atoms with Gasteiger partial charge in [0.15, 0.2) is 0 Å². The topological polar surface area (TPSA) is 105 Å². The maximum atomic E-state index is 12.4. The Labute approximate surface area is 160 Å². The van der Waals surface area contributed by atoms with Crippen molar-refractivity contribution in [1.29, 1.82) is 0 Å². The first-order valence-electron chi connectivity index (χ1n) is 8.30. The summed E-state index contributed by atoms with van der Waals surface area (Å²) in [6.07, 6.45) is 0.639. The first kappa shape index (κ1) is 19.3. The van der Waals surface area contributed by atoms with Crippen LogP contribution in [0.2, 0.25) is 0 Å². The van der Waals surface area contributed by atoms with E-state index in [0.29, 0.717) is 24.0 Å². The van der Waals surface area contributed by atoms with E-state index in [2.05, 4.69) is 26.0 Å². The molecule has 0 unspecified atom stereocenters. The summed E-state index contributed by atoms with van der Waals surface area (Å²) in [5.74, 6) is -0.333. The lowest BCUT2D eigenvalue weighted by atomic mass is 10.0. The van der Waals surface area contributed by atoms with Gasteiger partial charge in [0.1, 0.15) is 6.61 Å². The third kappa shape index (κ3) is 4.43. The van der Waals surface area contributed by atoms with E-state index in [1.54, 1.807) is 23.1 Å². The first-order valence-corrected chi connectivity index (χ1v) is 10.6. The molecular formula is C16H20BrN3O5S. The van der Waals surface area contributed by atoms with Gasteiger partial charge in [0, 0.05) is 30.5 Å². The van der Waals surface area contributed by atoms with E-state index in [4.69, 9.17) is 4.74 Å². The molecule has 2 aliphatic heterocycles. The molecule has 0 saturated carbocycles. The fourth-order valence-corrected chi connectivity index (χ4v) is 5.15. The average Bonchev–Trinajstić information content (AvgIpc) is 2.61. The molecule has 8 nitrogen and oxygen atoms in total. The number of carbonyl (C=O) groups is 2. The van der Waals surface area contributed by atoms with Gasteiger partial charge in [0.05, 0.1) is 17.0 Å². The number of ether oxygens (including phenoxy) is 1. The van der Waals surface area contributed by atoms with Crippen LogP contribution in [0.15, 0.2) is 33.6 Å². The summed E-state index contributed by atoms with van der Waals surface area (Å²) in [6.45, 7) is 0.987. The van der Waals surface area contributed by atoms with Gasteiger partial charge in [-0.2, -0.15) is 0 Å². The van der Waals surface area contributed by atoms with Gasteiger partial charge in [-0.3, -0.25) is 9.59 Å². The highest BCUT2D eigenvalue weighted by Crippen LogP contribution is 2.21. The van der Waals surface area contributed by atoms with Gasteiger partial charge in [0.25, 0.3) is 0 Å². The lowest BCUT2D eigenvalue weighted by molar-refractivity contribution is -0.146. The van der Waals surface area contributed by atoms with Gasteiger partial charge >= 0.3 is 0 Å². The number of hydrogen-bond acceptors (Lipinski definition) is 5. The number of sulfonamides is 1. The molecule has 2 saturated heterocycles. The minimum absolute atomic E-state index is 0.00988. The van der Waals surface area contributed by atoms with Gasteiger partial charge in [-0.25, -0.2) is 13.1 Å². The molecule has 0 aliphatic carbocycles. The highest BCUT2D eigenvalue weighted by Gasteiger charge is 2.36. The molecule has 26 heavy (non-hydrogen) atoms. The molecule has 2 N–H and O–H groups in total. The summed E-state index contributed by atoms with van der Waals surface area (Å²) in [5.41, 5.74) is 0. The van der Waals surface area contributed by atoms with Gasteiger partial charge in [-0.1, -0.05) is 12.1 Å². The molecule has 2 amide bonds. The second-order valence-corrected chi connectivity index (χ2v) is 8.82. The Morgan fingerprint density at radius 2 is 2.15 bits per heavy atom. The molecule has 0 spiro atoms. The van der Waals surface area contributed by atoms with E-state index >= 15 is 0 Å². The van der Waals surface area contributed by atoms with Crippen molar-refractivity contribution in [3.63, 3.8) is 0 Å². The number of hydrogen-bond donors (Lipinski definition) is 2. The van der Waals surface area contributed by atoms with E-state index in [1.165, 1.54) is 6.07 Å². The number of piperidine rings is 1. The molecule has 142 valence electrons. The molecule has 3 rings (SSSR count). The molecule has 10 heteroatoms. The lowest BCUT2D eigenvalue weighted by Gasteiger charge is -2.41. The van der Waals surface area contributed by atoms with Gasteiger partial charge in [-0.05, 0) is 34.5 Å². The summed E-state index contributed by atoms with van der Waals surface area (Å²) >= 11 is 3.21. The van der Waals surface area contributed by atoms with Crippen LogP contribution in [0.1, 0.15) is 12.8 Å². The molecule has 2 aliphatic rings. The number of halogens is 1. The fraction of sp³-hybridized carbons (Fsp3) is 0.500. The Morgan fingerprint density at radius 1 is 1.38 bits per heavy atom. The monoisotopic (exact) mass is 445 g/mol. The van der Waals surface area contributed by atoms with Crippen LogP contribution < -0.4 is 10.0 Å². The number of fused-ring (bicyclic) bond motifs is 1. The van der Waals surface area contributed by atoms with Crippen LogP contribution in [0.5, 0.6) is 0 Å². The van der Waals surface area contributed by atoms with E-state index in [1.807, 2.05) is 0 Å². The Hall–Kier alpha value is -1.49. The minimum atomic E-state index is -3.69. The Kier molecular flexibility index (Phi) is 5.96. The summed E-state index contributed by atoms with van der Waals surface area (Å²) < 4.78 is 33.0. The smallest absolute Gasteiger partial charge is 0.246 e. The Bertz CT molecular complexity index is 801. The van der Waals surface area contributed by atoms with Gasteiger partial charge < -0.3 is 15.0 Å². The highest BCUT2D eigenvalue weighted by molar-refractivity contribution is 9.10. The number of amides is 2. The van der Waals surface area contributed by atoms with Crippen LogP contribution in [0, 0.1) is 0 Å². The zero-order valence-corrected chi connectivity index (χ0v) is 16.4. The Morgan fingerprint density at radius 3 is 2.92 bits per heavy atom. The first-order chi connectivity index (χ1) is 12.4. The van der Waals surface area contributed by atoms with E-state index in [-0.39, 0.29) is 48.4 Å². The van der Waals surface area contributed by atoms with Crippen molar-refractivity contribution in [2.24, 2.45) is 0 Å². The minimum Gasteiger partial charge on any atom is -0.366 e. The van der Waals surface area contributed by atoms with Crippen LogP contribution in [0.25, 0.3) is 0 Å². The van der Waals surface area contributed by atoms with Gasteiger partial charge in [0.2, 0.25) is 21.8 Å². The molecule has 0 aromatic heterocycles. The summed E-state index contributed by atoms with van der Waals surface area (Å²) in [5, 5.41) is 2.84. The third-order valence-corrected chi connectivity index (χ3v) is 6.91. The van der Waals surface area contributed by atoms with Crippen molar-refractivity contribution in [2.45, 2.75) is 29.9 Å². The third-order valence-electron chi connectivity index (χ3n) is 4.43. The standard InChI is InChI=1S/C16H20BrN3O5S/c17-11-3-1-2-4-14(11)26(23,24)18-7-5-16(22)20-8-6-13-12(9-20)19-15(21)10-25-13/h1-4,12-13,18H,5-10H2,(H,19,21)/t12-,13-/m1/s1. The Balaban J connectivity index is 1.51. The molecule has 1 aromatic carbocycles.